The topological polar surface area (TPSA) is 105 Å². The molecule has 1 atom stereocenters. The quantitative estimate of drug-likeness (QED) is 0.337. The first-order valence-corrected chi connectivity index (χ1v) is 12.1. The van der Waals surface area contributed by atoms with Crippen molar-refractivity contribution in [1.82, 2.24) is 5.32 Å². The number of carbonyl (C=O) groups is 3. The van der Waals surface area contributed by atoms with Gasteiger partial charge in [-0.2, -0.15) is 0 Å². The van der Waals surface area contributed by atoms with Crippen molar-refractivity contribution in [1.29, 1.82) is 0 Å². The predicted molar refractivity (Wildman–Crippen MR) is 137 cm³/mol. The van der Waals surface area contributed by atoms with E-state index >= 15 is 0 Å². The lowest BCUT2D eigenvalue weighted by molar-refractivity contribution is -0.116. The van der Waals surface area contributed by atoms with Crippen LogP contribution in [0.1, 0.15) is 47.2 Å². The highest BCUT2D eigenvalue weighted by Gasteiger charge is 2.29. The van der Waals surface area contributed by atoms with Gasteiger partial charge in [0.1, 0.15) is 6.61 Å². The molecule has 0 saturated carbocycles. The molecule has 3 aromatic rings. The molecule has 0 spiro atoms. The Morgan fingerprint density at radius 3 is 2.23 bits per heavy atom. The summed E-state index contributed by atoms with van der Waals surface area (Å²) in [5.74, 6) is -1.60. The molecule has 0 aliphatic heterocycles. The number of aromatic carboxylic acids is 1. The summed E-state index contributed by atoms with van der Waals surface area (Å²) < 4.78 is 6.21. The van der Waals surface area contributed by atoms with Crippen LogP contribution in [0.4, 0.5) is 10.5 Å². The van der Waals surface area contributed by atoms with Crippen molar-refractivity contribution in [3.63, 3.8) is 0 Å². The van der Waals surface area contributed by atoms with E-state index in [1.165, 1.54) is 12.1 Å². The van der Waals surface area contributed by atoms with Gasteiger partial charge < -0.3 is 20.5 Å². The van der Waals surface area contributed by atoms with Gasteiger partial charge in [-0.05, 0) is 46.9 Å². The monoisotopic (exact) mass is 536 g/mol. The largest absolute Gasteiger partial charge is 0.478 e. The molecular formula is C27H25BrN2O5. The Hall–Kier alpha value is -3.65. The molecule has 1 aliphatic carbocycles. The smallest absolute Gasteiger partial charge is 0.407 e. The minimum atomic E-state index is -1.14. The molecule has 1 aliphatic rings. The van der Waals surface area contributed by atoms with E-state index < -0.39 is 24.0 Å². The first kappa shape index (κ1) is 24.5. The van der Waals surface area contributed by atoms with Gasteiger partial charge in [0.25, 0.3) is 0 Å². The van der Waals surface area contributed by atoms with Crippen molar-refractivity contribution < 1.29 is 24.2 Å². The summed E-state index contributed by atoms with van der Waals surface area (Å²) in [6.45, 7) is 2.03. The van der Waals surface area contributed by atoms with Crippen LogP contribution in [0.25, 0.3) is 11.1 Å². The molecule has 8 heteroatoms. The number of ether oxygens (including phenoxy) is 1. The zero-order valence-electron chi connectivity index (χ0n) is 19.1. The maximum absolute atomic E-state index is 12.6. The maximum Gasteiger partial charge on any atom is 0.407 e. The number of anilines is 1. The van der Waals surface area contributed by atoms with Crippen LogP contribution in [0.3, 0.4) is 0 Å². The zero-order valence-corrected chi connectivity index (χ0v) is 20.7. The maximum atomic E-state index is 12.6. The standard InChI is InChI=1S/C27H25BrN2O5/c1-2-17(14-25(31)30-24-13-16(28)11-12-22(24)26(32)33)29-27(34)35-15-23-20-9-5-3-7-18(20)19-8-4-6-10-21(19)23/h3-13,17,23H,2,14-15H2,1H3,(H,29,34)(H,30,31)(H,32,33)/t17-/m0/s1. The fourth-order valence-electron chi connectivity index (χ4n) is 4.34. The summed E-state index contributed by atoms with van der Waals surface area (Å²) in [6.07, 6.45) is -0.117. The number of nitrogens with one attached hydrogen (secondary N) is 2. The second-order valence-electron chi connectivity index (χ2n) is 8.32. The molecule has 180 valence electrons. The van der Waals surface area contributed by atoms with Crippen LogP contribution in [0, 0.1) is 0 Å². The van der Waals surface area contributed by atoms with Gasteiger partial charge in [-0.3, -0.25) is 4.79 Å². The average molecular weight is 537 g/mol. The Kier molecular flexibility index (Phi) is 7.51. The van der Waals surface area contributed by atoms with Crippen molar-refractivity contribution >= 4 is 39.6 Å². The highest BCUT2D eigenvalue weighted by atomic mass is 79.9. The lowest BCUT2D eigenvalue weighted by Crippen LogP contribution is -2.38. The number of alkyl carbamates (subject to hydrolysis) is 1. The molecule has 3 aromatic carbocycles. The van der Waals surface area contributed by atoms with Crippen LogP contribution in [0.2, 0.25) is 0 Å². The van der Waals surface area contributed by atoms with Crippen LogP contribution in [-0.2, 0) is 9.53 Å². The van der Waals surface area contributed by atoms with Crippen molar-refractivity contribution in [2.24, 2.45) is 0 Å². The SMILES string of the molecule is CC[C@@H](CC(=O)Nc1cc(Br)ccc1C(=O)O)NC(=O)OCC1c2ccccc2-c2ccccc21. The number of rotatable bonds is 8. The molecule has 4 rings (SSSR count). The molecule has 7 nitrogen and oxygen atoms in total. The summed E-state index contributed by atoms with van der Waals surface area (Å²) in [5.41, 5.74) is 4.71. The van der Waals surface area contributed by atoms with Gasteiger partial charge in [-0.15, -0.1) is 0 Å². The molecule has 0 heterocycles. The average Bonchev–Trinajstić information content (AvgIpc) is 3.16. The number of amides is 2. The highest BCUT2D eigenvalue weighted by Crippen LogP contribution is 2.44. The third kappa shape index (κ3) is 5.54. The van der Waals surface area contributed by atoms with E-state index in [1.807, 2.05) is 43.3 Å². The first-order valence-electron chi connectivity index (χ1n) is 11.3. The molecule has 0 fully saturated rings. The van der Waals surface area contributed by atoms with Gasteiger partial charge in [0, 0.05) is 22.9 Å². The summed E-state index contributed by atoms with van der Waals surface area (Å²) in [5, 5.41) is 14.7. The number of carboxylic acid groups (broad SMARTS) is 1. The van der Waals surface area contributed by atoms with Gasteiger partial charge in [-0.1, -0.05) is 71.4 Å². The van der Waals surface area contributed by atoms with Crippen LogP contribution in [0.15, 0.2) is 71.2 Å². The number of hydrogen-bond donors (Lipinski definition) is 3. The summed E-state index contributed by atoms with van der Waals surface area (Å²) >= 11 is 3.28. The van der Waals surface area contributed by atoms with Gasteiger partial charge >= 0.3 is 12.1 Å². The van der Waals surface area contributed by atoms with E-state index in [4.69, 9.17) is 4.74 Å². The van der Waals surface area contributed by atoms with E-state index in [9.17, 15) is 19.5 Å². The normalized spacial score (nSPS) is 12.9. The first-order chi connectivity index (χ1) is 16.9. The van der Waals surface area contributed by atoms with Crippen molar-refractivity contribution in [2.75, 3.05) is 11.9 Å². The molecule has 2 amide bonds. The van der Waals surface area contributed by atoms with E-state index in [0.717, 1.165) is 22.3 Å². The van der Waals surface area contributed by atoms with Gasteiger partial charge in [0.2, 0.25) is 5.91 Å². The van der Waals surface area contributed by atoms with Gasteiger partial charge in [-0.25, -0.2) is 9.59 Å². The van der Waals surface area contributed by atoms with Crippen LogP contribution in [-0.4, -0.2) is 35.7 Å². The number of carboxylic acids is 1. The summed E-state index contributed by atoms with van der Waals surface area (Å²) in [6, 6.07) is 20.2. The second kappa shape index (κ2) is 10.7. The Labute approximate surface area is 211 Å². The van der Waals surface area contributed by atoms with E-state index in [1.54, 1.807) is 6.07 Å². The molecule has 0 aromatic heterocycles. The van der Waals surface area contributed by atoms with Crippen LogP contribution in [0.5, 0.6) is 0 Å². The number of fused-ring (bicyclic) bond motifs is 3. The van der Waals surface area contributed by atoms with E-state index in [0.29, 0.717) is 10.9 Å². The third-order valence-electron chi connectivity index (χ3n) is 6.08. The number of carbonyl (C=O) groups excluding carboxylic acids is 2. The van der Waals surface area contributed by atoms with Crippen molar-refractivity contribution in [3.8, 4) is 11.1 Å². The Bertz CT molecular complexity index is 1230. The zero-order chi connectivity index (χ0) is 24.9. The van der Waals surface area contributed by atoms with E-state index in [-0.39, 0.29) is 30.2 Å². The predicted octanol–water partition coefficient (Wildman–Crippen LogP) is 5.79. The molecule has 0 radical (unpaired) electrons. The molecule has 3 N–H and O–H groups in total. The lowest BCUT2D eigenvalue weighted by atomic mass is 9.98. The molecule has 35 heavy (non-hydrogen) atoms. The fraction of sp³-hybridized carbons (Fsp3) is 0.222. The lowest BCUT2D eigenvalue weighted by Gasteiger charge is -2.19. The molecule has 0 bridgehead atoms. The minimum Gasteiger partial charge on any atom is -0.478 e. The van der Waals surface area contributed by atoms with Crippen molar-refractivity contribution in [3.05, 3.63) is 87.9 Å². The van der Waals surface area contributed by atoms with Crippen LogP contribution < -0.4 is 10.6 Å². The molecule has 0 unspecified atom stereocenters. The third-order valence-corrected chi connectivity index (χ3v) is 6.57. The second-order valence-corrected chi connectivity index (χ2v) is 9.24. The van der Waals surface area contributed by atoms with Gasteiger partial charge in [0.05, 0.1) is 11.3 Å². The summed E-state index contributed by atoms with van der Waals surface area (Å²) in [7, 11) is 0. The number of halogens is 1. The van der Waals surface area contributed by atoms with E-state index in [2.05, 4.69) is 38.7 Å². The fourth-order valence-corrected chi connectivity index (χ4v) is 4.70. The Morgan fingerprint density at radius 2 is 1.63 bits per heavy atom. The number of hydrogen-bond acceptors (Lipinski definition) is 4. The van der Waals surface area contributed by atoms with Crippen LogP contribution >= 0.6 is 15.9 Å². The minimum absolute atomic E-state index is 0.0147. The molecular weight excluding hydrogens is 512 g/mol. The highest BCUT2D eigenvalue weighted by molar-refractivity contribution is 9.10. The molecule has 0 saturated heterocycles. The Morgan fingerprint density at radius 1 is 1.00 bits per heavy atom. The van der Waals surface area contributed by atoms with Crippen molar-refractivity contribution in [2.45, 2.75) is 31.7 Å². The van der Waals surface area contributed by atoms with Gasteiger partial charge in [0.15, 0.2) is 0 Å². The summed E-state index contributed by atoms with van der Waals surface area (Å²) in [4.78, 5) is 36.6. The Balaban J connectivity index is 1.36. The number of benzene rings is 3.